The number of aromatic nitrogens is 2. The summed E-state index contributed by atoms with van der Waals surface area (Å²) >= 11 is 0. The van der Waals surface area contributed by atoms with Crippen LogP contribution >= 0.6 is 0 Å². The maximum Gasteiger partial charge on any atom is 0.157 e. The van der Waals surface area contributed by atoms with Crippen LogP contribution in [0.2, 0.25) is 0 Å². The lowest BCUT2D eigenvalue weighted by Gasteiger charge is -2.35. The summed E-state index contributed by atoms with van der Waals surface area (Å²) in [6.45, 7) is 10.9. The molecule has 1 aliphatic heterocycles. The molecule has 5 nitrogen and oxygen atoms in total. The molecule has 5 heteroatoms. The first-order valence-corrected chi connectivity index (χ1v) is 7.20. The molecule has 1 aromatic heterocycles. The molecule has 0 aromatic carbocycles. The number of aryl methyl sites for hydroxylation is 1. The Labute approximate surface area is 115 Å². The minimum atomic E-state index is 0.158. The van der Waals surface area contributed by atoms with Gasteiger partial charge >= 0.3 is 0 Å². The fourth-order valence-electron chi connectivity index (χ4n) is 2.27. The molecule has 1 aromatic rings. The molecule has 19 heavy (non-hydrogen) atoms. The fraction of sp³-hybridized carbons (Fsp3) is 0.786. The summed E-state index contributed by atoms with van der Waals surface area (Å²) in [5.41, 5.74) is 0. The monoisotopic (exact) mass is 267 g/mol. The van der Waals surface area contributed by atoms with E-state index in [0.29, 0.717) is 12.6 Å². The molecule has 0 bridgehead atoms. The lowest BCUT2D eigenvalue weighted by atomic mass is 10.2. The zero-order chi connectivity index (χ0) is 13.7. The highest BCUT2D eigenvalue weighted by atomic mass is 16.5. The predicted molar refractivity (Wildman–Crippen MR) is 74.5 cm³/mol. The Morgan fingerprint density at radius 1 is 1.53 bits per heavy atom. The summed E-state index contributed by atoms with van der Waals surface area (Å²) in [5, 5.41) is 4.25. The van der Waals surface area contributed by atoms with E-state index in [1.807, 2.05) is 10.9 Å². The van der Waals surface area contributed by atoms with Crippen molar-refractivity contribution < 1.29 is 9.47 Å². The molecule has 0 saturated carbocycles. The van der Waals surface area contributed by atoms with E-state index in [9.17, 15) is 0 Å². The lowest BCUT2D eigenvalue weighted by Crippen LogP contribution is -2.47. The largest absolute Gasteiger partial charge is 0.488 e. The normalized spacial score (nSPS) is 20.9. The summed E-state index contributed by atoms with van der Waals surface area (Å²) in [6, 6.07) is 0.568. The number of hydrogen-bond acceptors (Lipinski definition) is 4. The second kappa shape index (κ2) is 6.91. The van der Waals surface area contributed by atoms with Gasteiger partial charge in [-0.1, -0.05) is 6.92 Å². The average Bonchev–Trinajstić information content (AvgIpc) is 2.85. The first kappa shape index (κ1) is 14.3. The third-order valence-electron chi connectivity index (χ3n) is 3.40. The fourth-order valence-corrected chi connectivity index (χ4v) is 2.27. The summed E-state index contributed by atoms with van der Waals surface area (Å²) in [6.07, 6.45) is 4.97. The Bertz CT molecular complexity index is 379. The van der Waals surface area contributed by atoms with Crippen LogP contribution in [0.3, 0.4) is 0 Å². The van der Waals surface area contributed by atoms with E-state index in [1.165, 1.54) is 0 Å². The predicted octanol–water partition coefficient (Wildman–Crippen LogP) is 1.78. The van der Waals surface area contributed by atoms with E-state index in [4.69, 9.17) is 9.47 Å². The molecule has 2 rings (SSSR count). The van der Waals surface area contributed by atoms with E-state index in [1.54, 1.807) is 6.20 Å². The highest BCUT2D eigenvalue weighted by molar-refractivity contribution is 5.11. The molecule has 0 aliphatic carbocycles. The van der Waals surface area contributed by atoms with Crippen LogP contribution in [-0.4, -0.2) is 53.1 Å². The molecule has 1 atom stereocenters. The Balaban J connectivity index is 1.77. The molecule has 0 radical (unpaired) electrons. The molecular weight excluding hydrogens is 242 g/mol. The molecule has 0 spiro atoms. The van der Waals surface area contributed by atoms with Crippen molar-refractivity contribution in [2.24, 2.45) is 0 Å². The smallest absolute Gasteiger partial charge is 0.157 e. The van der Waals surface area contributed by atoms with Gasteiger partial charge in [0.05, 0.1) is 19.0 Å². The first-order valence-electron chi connectivity index (χ1n) is 7.20. The van der Waals surface area contributed by atoms with E-state index < -0.39 is 0 Å². The number of ether oxygens (including phenoxy) is 2. The van der Waals surface area contributed by atoms with Crippen molar-refractivity contribution in [1.29, 1.82) is 0 Å². The number of nitrogens with zero attached hydrogens (tertiary/aromatic N) is 3. The third-order valence-corrected chi connectivity index (χ3v) is 3.40. The zero-order valence-corrected chi connectivity index (χ0v) is 12.2. The van der Waals surface area contributed by atoms with Gasteiger partial charge in [-0.25, -0.2) is 0 Å². The number of rotatable bonds is 6. The van der Waals surface area contributed by atoms with Gasteiger partial charge in [0, 0.05) is 25.7 Å². The minimum absolute atomic E-state index is 0.158. The highest BCUT2D eigenvalue weighted by Crippen LogP contribution is 2.13. The van der Waals surface area contributed by atoms with Crippen LogP contribution in [0.25, 0.3) is 0 Å². The van der Waals surface area contributed by atoms with E-state index >= 15 is 0 Å². The van der Waals surface area contributed by atoms with Crippen LogP contribution in [-0.2, 0) is 11.3 Å². The van der Waals surface area contributed by atoms with Gasteiger partial charge < -0.3 is 9.47 Å². The molecule has 0 N–H and O–H groups in total. The molecule has 0 amide bonds. The summed E-state index contributed by atoms with van der Waals surface area (Å²) < 4.78 is 13.4. The molecule has 2 heterocycles. The topological polar surface area (TPSA) is 39.5 Å². The van der Waals surface area contributed by atoms with Crippen molar-refractivity contribution in [3.63, 3.8) is 0 Å². The summed E-state index contributed by atoms with van der Waals surface area (Å²) in [5.74, 6) is 0.832. The minimum Gasteiger partial charge on any atom is -0.488 e. The van der Waals surface area contributed by atoms with Crippen LogP contribution in [0.15, 0.2) is 12.4 Å². The number of morpholine rings is 1. The maximum atomic E-state index is 5.77. The van der Waals surface area contributed by atoms with Crippen molar-refractivity contribution in [3.8, 4) is 5.75 Å². The van der Waals surface area contributed by atoms with Gasteiger partial charge in [-0.3, -0.25) is 9.58 Å². The highest BCUT2D eigenvalue weighted by Gasteiger charge is 2.22. The SMILES string of the molecule is CCCn1cc(OCC2CN(C(C)C)CCO2)cn1. The van der Waals surface area contributed by atoms with Gasteiger partial charge in [0.25, 0.3) is 0 Å². The standard InChI is InChI=1S/C14H25N3O2/c1-4-5-17-10-13(8-15-17)19-11-14-9-16(12(2)3)6-7-18-14/h8,10,12,14H,4-7,9,11H2,1-3H3. The molecule has 1 saturated heterocycles. The van der Waals surface area contributed by atoms with Crippen LogP contribution in [0.1, 0.15) is 27.2 Å². The van der Waals surface area contributed by atoms with E-state index in [-0.39, 0.29) is 6.10 Å². The van der Waals surface area contributed by atoms with Gasteiger partial charge in [-0.15, -0.1) is 0 Å². The third kappa shape index (κ3) is 4.21. The first-order chi connectivity index (χ1) is 9.19. The van der Waals surface area contributed by atoms with E-state index in [2.05, 4.69) is 30.8 Å². The Morgan fingerprint density at radius 2 is 2.37 bits per heavy atom. The van der Waals surface area contributed by atoms with Crippen molar-refractivity contribution in [2.75, 3.05) is 26.3 Å². The lowest BCUT2D eigenvalue weighted by molar-refractivity contribution is -0.0564. The van der Waals surface area contributed by atoms with Crippen molar-refractivity contribution >= 4 is 0 Å². The Hall–Kier alpha value is -1.07. The second-order valence-electron chi connectivity index (χ2n) is 5.33. The summed E-state index contributed by atoms with van der Waals surface area (Å²) in [4.78, 5) is 2.43. The molecule has 1 unspecified atom stereocenters. The van der Waals surface area contributed by atoms with Crippen LogP contribution < -0.4 is 4.74 Å². The zero-order valence-electron chi connectivity index (χ0n) is 12.2. The van der Waals surface area contributed by atoms with Gasteiger partial charge in [-0.2, -0.15) is 5.10 Å². The van der Waals surface area contributed by atoms with Crippen LogP contribution in [0.4, 0.5) is 0 Å². The van der Waals surface area contributed by atoms with Gasteiger partial charge in [0.1, 0.15) is 12.7 Å². The quantitative estimate of drug-likeness (QED) is 0.787. The Morgan fingerprint density at radius 3 is 3.11 bits per heavy atom. The average molecular weight is 267 g/mol. The van der Waals surface area contributed by atoms with Crippen LogP contribution in [0, 0.1) is 0 Å². The van der Waals surface area contributed by atoms with Crippen molar-refractivity contribution in [1.82, 2.24) is 14.7 Å². The summed E-state index contributed by atoms with van der Waals surface area (Å²) in [7, 11) is 0. The van der Waals surface area contributed by atoms with Gasteiger partial charge in [-0.05, 0) is 20.3 Å². The maximum absolute atomic E-state index is 5.77. The van der Waals surface area contributed by atoms with Gasteiger partial charge in [0.15, 0.2) is 5.75 Å². The molecule has 108 valence electrons. The van der Waals surface area contributed by atoms with Crippen molar-refractivity contribution in [3.05, 3.63) is 12.4 Å². The van der Waals surface area contributed by atoms with Crippen molar-refractivity contribution in [2.45, 2.75) is 45.9 Å². The molecular formula is C14H25N3O2. The Kier molecular flexibility index (Phi) is 5.22. The van der Waals surface area contributed by atoms with Crippen LogP contribution in [0.5, 0.6) is 5.75 Å². The molecule has 1 aliphatic rings. The second-order valence-corrected chi connectivity index (χ2v) is 5.33. The number of hydrogen-bond donors (Lipinski definition) is 0. The molecule has 1 fully saturated rings. The van der Waals surface area contributed by atoms with E-state index in [0.717, 1.165) is 38.4 Å². The van der Waals surface area contributed by atoms with Gasteiger partial charge in [0.2, 0.25) is 0 Å².